The van der Waals surface area contributed by atoms with Crippen LogP contribution in [0, 0.1) is 5.92 Å². The van der Waals surface area contributed by atoms with E-state index >= 15 is 0 Å². The SMILES string of the molecule is CC(CC(C)(C)OC(C)(C)C)[C@@H](O)CBr. The van der Waals surface area contributed by atoms with Gasteiger partial charge in [0.2, 0.25) is 0 Å². The van der Waals surface area contributed by atoms with Crippen molar-refractivity contribution < 1.29 is 9.84 Å². The maximum atomic E-state index is 9.69. The average Bonchev–Trinajstić information content (AvgIpc) is 1.96. The van der Waals surface area contributed by atoms with Crippen molar-refractivity contribution in [2.24, 2.45) is 5.92 Å². The summed E-state index contributed by atoms with van der Waals surface area (Å²) in [5.74, 6) is 0.238. The second-order valence-electron chi connectivity index (χ2n) is 5.88. The molecule has 0 heterocycles. The van der Waals surface area contributed by atoms with Crippen LogP contribution in [0.2, 0.25) is 0 Å². The van der Waals surface area contributed by atoms with Gasteiger partial charge in [-0.25, -0.2) is 0 Å². The highest BCUT2D eigenvalue weighted by molar-refractivity contribution is 9.09. The van der Waals surface area contributed by atoms with Crippen molar-refractivity contribution in [3.63, 3.8) is 0 Å². The van der Waals surface area contributed by atoms with Crippen molar-refractivity contribution in [3.05, 3.63) is 0 Å². The molecule has 0 aliphatic rings. The lowest BCUT2D eigenvalue weighted by Crippen LogP contribution is -2.38. The monoisotopic (exact) mass is 280 g/mol. The molecule has 0 aliphatic carbocycles. The van der Waals surface area contributed by atoms with Gasteiger partial charge < -0.3 is 9.84 Å². The number of ether oxygens (including phenoxy) is 1. The molecule has 0 radical (unpaired) electrons. The molecule has 0 aromatic heterocycles. The van der Waals surface area contributed by atoms with E-state index in [1.807, 2.05) is 0 Å². The van der Waals surface area contributed by atoms with E-state index in [0.717, 1.165) is 6.42 Å². The maximum Gasteiger partial charge on any atom is 0.0663 e. The predicted molar refractivity (Wildman–Crippen MR) is 68.5 cm³/mol. The fraction of sp³-hybridized carbons (Fsp3) is 1.00. The van der Waals surface area contributed by atoms with Crippen LogP contribution in [0.3, 0.4) is 0 Å². The highest BCUT2D eigenvalue weighted by Gasteiger charge is 2.29. The summed E-state index contributed by atoms with van der Waals surface area (Å²) in [7, 11) is 0. The zero-order valence-corrected chi connectivity index (χ0v) is 12.4. The first kappa shape index (κ1) is 15.4. The summed E-state index contributed by atoms with van der Waals surface area (Å²) in [4.78, 5) is 0. The Balaban J connectivity index is 4.25. The van der Waals surface area contributed by atoms with E-state index in [9.17, 15) is 5.11 Å². The topological polar surface area (TPSA) is 29.5 Å². The smallest absolute Gasteiger partial charge is 0.0663 e. The Hall–Kier alpha value is 0.400. The normalized spacial score (nSPS) is 17.6. The molecule has 0 amide bonds. The zero-order valence-electron chi connectivity index (χ0n) is 10.8. The van der Waals surface area contributed by atoms with Gasteiger partial charge in [-0.15, -0.1) is 0 Å². The summed E-state index contributed by atoms with van der Waals surface area (Å²) in [6.45, 7) is 12.4. The molecule has 0 fully saturated rings. The third kappa shape index (κ3) is 7.31. The Bertz CT molecular complexity index is 185. The summed E-state index contributed by atoms with van der Waals surface area (Å²) in [5, 5.41) is 10.3. The van der Waals surface area contributed by atoms with E-state index in [2.05, 4.69) is 57.5 Å². The molecule has 92 valence electrons. The summed E-state index contributed by atoms with van der Waals surface area (Å²) in [6, 6.07) is 0. The van der Waals surface area contributed by atoms with Crippen LogP contribution in [-0.4, -0.2) is 27.7 Å². The van der Waals surface area contributed by atoms with Crippen molar-refractivity contribution in [1.82, 2.24) is 0 Å². The Morgan fingerprint density at radius 3 is 2.00 bits per heavy atom. The quantitative estimate of drug-likeness (QED) is 0.783. The van der Waals surface area contributed by atoms with Crippen molar-refractivity contribution in [3.8, 4) is 0 Å². The third-order valence-corrected chi connectivity index (χ3v) is 2.87. The molecule has 0 spiro atoms. The molecule has 2 atom stereocenters. The lowest BCUT2D eigenvalue weighted by molar-refractivity contribution is -0.126. The van der Waals surface area contributed by atoms with Gasteiger partial charge in [0.15, 0.2) is 0 Å². The summed E-state index contributed by atoms with van der Waals surface area (Å²) in [5.41, 5.74) is -0.330. The highest BCUT2D eigenvalue weighted by atomic mass is 79.9. The van der Waals surface area contributed by atoms with Crippen LogP contribution in [0.4, 0.5) is 0 Å². The van der Waals surface area contributed by atoms with E-state index in [1.54, 1.807) is 0 Å². The van der Waals surface area contributed by atoms with Crippen molar-refractivity contribution in [1.29, 1.82) is 0 Å². The molecule has 15 heavy (non-hydrogen) atoms. The van der Waals surface area contributed by atoms with Crippen LogP contribution in [0.25, 0.3) is 0 Å². The van der Waals surface area contributed by atoms with Crippen LogP contribution in [0.1, 0.15) is 48.0 Å². The van der Waals surface area contributed by atoms with Crippen molar-refractivity contribution >= 4 is 15.9 Å². The molecular formula is C12H25BrO2. The van der Waals surface area contributed by atoms with Gasteiger partial charge in [0, 0.05) is 5.33 Å². The lowest BCUT2D eigenvalue weighted by atomic mass is 9.90. The van der Waals surface area contributed by atoms with E-state index in [0.29, 0.717) is 5.33 Å². The Morgan fingerprint density at radius 1 is 1.20 bits per heavy atom. The Kier molecular flexibility index (Phi) is 5.80. The molecule has 1 N–H and O–H groups in total. The van der Waals surface area contributed by atoms with Crippen LogP contribution in [0.15, 0.2) is 0 Å². The molecule has 0 rings (SSSR count). The number of aliphatic hydroxyl groups excluding tert-OH is 1. The van der Waals surface area contributed by atoms with E-state index in [-0.39, 0.29) is 23.2 Å². The number of aliphatic hydroxyl groups is 1. The molecule has 0 aliphatic heterocycles. The second kappa shape index (κ2) is 5.65. The summed E-state index contributed by atoms with van der Waals surface area (Å²) < 4.78 is 5.96. The van der Waals surface area contributed by atoms with Crippen LogP contribution < -0.4 is 0 Å². The number of hydrogen-bond acceptors (Lipinski definition) is 2. The van der Waals surface area contributed by atoms with Gasteiger partial charge in [-0.05, 0) is 47.0 Å². The molecule has 3 heteroatoms. The molecule has 0 aromatic rings. The van der Waals surface area contributed by atoms with Gasteiger partial charge in [-0.1, -0.05) is 22.9 Å². The van der Waals surface area contributed by atoms with Gasteiger partial charge in [0.05, 0.1) is 17.3 Å². The van der Waals surface area contributed by atoms with Gasteiger partial charge >= 0.3 is 0 Å². The number of alkyl halides is 1. The first-order valence-electron chi connectivity index (χ1n) is 5.51. The minimum Gasteiger partial charge on any atom is -0.392 e. The average molecular weight is 281 g/mol. The Labute approximate surface area is 103 Å². The first-order chi connectivity index (χ1) is 6.57. The summed E-state index contributed by atoms with van der Waals surface area (Å²) in [6.07, 6.45) is 0.560. The highest BCUT2D eigenvalue weighted by Crippen LogP contribution is 2.27. The Morgan fingerprint density at radius 2 is 1.67 bits per heavy atom. The van der Waals surface area contributed by atoms with Gasteiger partial charge in [-0.3, -0.25) is 0 Å². The molecule has 2 nitrogen and oxygen atoms in total. The zero-order chi connectivity index (χ0) is 12.3. The molecular weight excluding hydrogens is 256 g/mol. The minimum absolute atomic E-state index is 0.136. The molecule has 0 saturated heterocycles. The number of halogens is 1. The van der Waals surface area contributed by atoms with Crippen molar-refractivity contribution in [2.75, 3.05) is 5.33 Å². The van der Waals surface area contributed by atoms with E-state index in [1.165, 1.54) is 0 Å². The largest absolute Gasteiger partial charge is 0.392 e. The molecule has 0 saturated carbocycles. The summed E-state index contributed by atoms with van der Waals surface area (Å²) >= 11 is 3.29. The minimum atomic E-state index is -0.298. The van der Waals surface area contributed by atoms with Crippen LogP contribution >= 0.6 is 15.9 Å². The fourth-order valence-corrected chi connectivity index (χ4v) is 2.57. The number of hydrogen-bond donors (Lipinski definition) is 1. The van der Waals surface area contributed by atoms with Crippen LogP contribution in [0.5, 0.6) is 0 Å². The first-order valence-corrected chi connectivity index (χ1v) is 6.64. The molecule has 0 bridgehead atoms. The fourth-order valence-electron chi connectivity index (χ4n) is 1.93. The van der Waals surface area contributed by atoms with Crippen molar-refractivity contribution in [2.45, 2.75) is 65.3 Å². The van der Waals surface area contributed by atoms with E-state index in [4.69, 9.17) is 4.74 Å². The third-order valence-electron chi connectivity index (χ3n) is 2.21. The van der Waals surface area contributed by atoms with Gasteiger partial charge in [0.1, 0.15) is 0 Å². The standard InChI is InChI=1S/C12H25BrO2/c1-9(10(14)8-13)7-12(5,6)15-11(2,3)4/h9-10,14H,7-8H2,1-6H3/t9?,10-/m0/s1. The van der Waals surface area contributed by atoms with E-state index < -0.39 is 0 Å². The molecule has 0 aromatic carbocycles. The molecule has 1 unspecified atom stereocenters. The lowest BCUT2D eigenvalue weighted by Gasteiger charge is -2.36. The van der Waals surface area contributed by atoms with Gasteiger partial charge in [-0.2, -0.15) is 0 Å². The van der Waals surface area contributed by atoms with Crippen LogP contribution in [-0.2, 0) is 4.74 Å². The maximum absolute atomic E-state index is 9.69. The van der Waals surface area contributed by atoms with Gasteiger partial charge in [0.25, 0.3) is 0 Å². The predicted octanol–water partition coefficient (Wildman–Crippen LogP) is 3.36. The second-order valence-corrected chi connectivity index (χ2v) is 6.52. The number of rotatable bonds is 5.